The summed E-state index contributed by atoms with van der Waals surface area (Å²) in [6.45, 7) is 0.647. The number of ether oxygens (including phenoxy) is 1. The molecule has 1 aromatic heterocycles. The number of imidazole rings is 1. The number of aromatic nitrogens is 2. The lowest BCUT2D eigenvalue weighted by molar-refractivity contribution is 0.0638. The number of fused-ring (bicyclic) bond motifs is 2. The zero-order valence-corrected chi connectivity index (χ0v) is 19.1. The number of H-pyrrole nitrogens is 1. The average molecular weight is 490 g/mol. The van der Waals surface area contributed by atoms with Crippen molar-refractivity contribution >= 4 is 34.4 Å². The minimum absolute atomic E-state index is 0.00888. The number of benzene rings is 3. The molecule has 0 bridgehead atoms. The van der Waals surface area contributed by atoms with Gasteiger partial charge in [-0.05, 0) is 61.0 Å². The number of anilines is 1. The van der Waals surface area contributed by atoms with E-state index >= 15 is 0 Å². The summed E-state index contributed by atoms with van der Waals surface area (Å²) >= 11 is 0. The lowest BCUT2D eigenvalue weighted by atomic mass is 10.1. The number of halogens is 2. The molecule has 1 aliphatic heterocycles. The highest BCUT2D eigenvalue weighted by Crippen LogP contribution is 2.27. The van der Waals surface area contributed by atoms with E-state index < -0.39 is 29.4 Å². The van der Waals surface area contributed by atoms with Crippen molar-refractivity contribution in [2.75, 3.05) is 25.6 Å². The van der Waals surface area contributed by atoms with Crippen LogP contribution in [0.3, 0.4) is 0 Å². The first-order valence-electron chi connectivity index (χ1n) is 11.1. The molecular weight excluding hydrogens is 470 g/mol. The van der Waals surface area contributed by atoms with Gasteiger partial charge in [0.1, 0.15) is 17.5 Å². The summed E-state index contributed by atoms with van der Waals surface area (Å²) in [6.07, 6.45) is 0.513. The molecule has 2 heterocycles. The van der Waals surface area contributed by atoms with Crippen LogP contribution in [0.25, 0.3) is 22.4 Å². The topological polar surface area (TPSA) is 104 Å². The summed E-state index contributed by atoms with van der Waals surface area (Å²) in [5, 5.41) is 2.74. The molecule has 0 saturated heterocycles. The van der Waals surface area contributed by atoms with E-state index in [0.717, 1.165) is 23.1 Å². The number of rotatable bonds is 7. The second-order valence-corrected chi connectivity index (χ2v) is 8.26. The minimum atomic E-state index is -0.620. The Bertz CT molecular complexity index is 1530. The second kappa shape index (κ2) is 9.31. The number of carbonyl (C=O) groups is 3. The molecule has 36 heavy (non-hydrogen) atoms. The summed E-state index contributed by atoms with van der Waals surface area (Å²) in [4.78, 5) is 46.5. The third-order valence-electron chi connectivity index (χ3n) is 5.89. The molecule has 0 radical (unpaired) electrons. The standard InChI is InChI=1S/C26H20F2N4O4/c1-36-10-2-9-32-25(34)17-6-3-14(11-18(17)26(32)35)24(33)29-16-5-8-21-22(13-16)31-23(30-21)19-12-15(27)4-7-20(19)28/h3-8,11-13H,2,9-10H2,1H3,(H,29,33)(H,30,31). The molecule has 8 nitrogen and oxygen atoms in total. The summed E-state index contributed by atoms with van der Waals surface area (Å²) in [5.74, 6) is -2.38. The lowest BCUT2D eigenvalue weighted by Gasteiger charge is -2.12. The van der Waals surface area contributed by atoms with Gasteiger partial charge in [-0.2, -0.15) is 0 Å². The van der Waals surface area contributed by atoms with Crippen LogP contribution in [0.2, 0.25) is 0 Å². The maximum absolute atomic E-state index is 14.1. The van der Waals surface area contributed by atoms with E-state index in [2.05, 4.69) is 15.3 Å². The molecule has 5 rings (SSSR count). The van der Waals surface area contributed by atoms with Gasteiger partial charge < -0.3 is 15.0 Å². The number of hydrogen-bond acceptors (Lipinski definition) is 5. The van der Waals surface area contributed by atoms with E-state index in [9.17, 15) is 23.2 Å². The molecule has 182 valence electrons. The maximum atomic E-state index is 14.1. The molecule has 3 amide bonds. The average Bonchev–Trinajstić information content (AvgIpc) is 3.39. The zero-order chi connectivity index (χ0) is 25.4. The molecule has 10 heteroatoms. The molecule has 0 spiro atoms. The summed E-state index contributed by atoms with van der Waals surface area (Å²) in [7, 11) is 1.54. The van der Waals surface area contributed by atoms with Crippen LogP contribution in [0.4, 0.5) is 14.5 Å². The lowest BCUT2D eigenvalue weighted by Crippen LogP contribution is -2.31. The highest BCUT2D eigenvalue weighted by molar-refractivity contribution is 6.22. The molecule has 0 saturated carbocycles. The Kier molecular flexibility index (Phi) is 6.03. The van der Waals surface area contributed by atoms with Crippen molar-refractivity contribution in [2.45, 2.75) is 6.42 Å². The smallest absolute Gasteiger partial charge is 0.261 e. The SMILES string of the molecule is COCCCN1C(=O)c2ccc(C(=O)Nc3ccc4nc(-c5cc(F)ccc5F)[nH]c4c3)cc2C1=O. The van der Waals surface area contributed by atoms with E-state index in [-0.39, 0.29) is 34.6 Å². The van der Waals surface area contributed by atoms with Gasteiger partial charge >= 0.3 is 0 Å². The van der Waals surface area contributed by atoms with E-state index in [1.54, 1.807) is 25.3 Å². The van der Waals surface area contributed by atoms with Crippen LogP contribution >= 0.6 is 0 Å². The second-order valence-electron chi connectivity index (χ2n) is 8.26. The fourth-order valence-electron chi connectivity index (χ4n) is 4.10. The maximum Gasteiger partial charge on any atom is 0.261 e. The van der Waals surface area contributed by atoms with Crippen molar-refractivity contribution < 1.29 is 27.9 Å². The van der Waals surface area contributed by atoms with Gasteiger partial charge in [-0.3, -0.25) is 19.3 Å². The summed E-state index contributed by atoms with van der Waals surface area (Å²) < 4.78 is 32.7. The number of carbonyl (C=O) groups excluding carboxylic acids is 3. The normalized spacial score (nSPS) is 12.9. The molecule has 4 aromatic rings. The third-order valence-corrected chi connectivity index (χ3v) is 5.89. The Labute approximate surface area is 203 Å². The molecule has 0 fully saturated rings. The fraction of sp³-hybridized carbons (Fsp3) is 0.154. The van der Waals surface area contributed by atoms with E-state index in [1.165, 1.54) is 18.2 Å². The van der Waals surface area contributed by atoms with Crippen LogP contribution in [-0.4, -0.2) is 52.9 Å². The quantitative estimate of drug-likeness (QED) is 0.295. The molecule has 0 aliphatic carbocycles. The first-order valence-corrected chi connectivity index (χ1v) is 11.1. The molecule has 0 atom stereocenters. The Balaban J connectivity index is 1.35. The fourth-order valence-corrected chi connectivity index (χ4v) is 4.10. The van der Waals surface area contributed by atoms with Gasteiger partial charge in [0.2, 0.25) is 0 Å². The van der Waals surface area contributed by atoms with Crippen LogP contribution in [-0.2, 0) is 4.74 Å². The number of methoxy groups -OCH3 is 1. The van der Waals surface area contributed by atoms with Gasteiger partial charge in [0.25, 0.3) is 17.7 Å². The third kappa shape index (κ3) is 4.22. The molecule has 0 unspecified atom stereocenters. The van der Waals surface area contributed by atoms with Gasteiger partial charge in [0.15, 0.2) is 0 Å². The Morgan fingerprint density at radius 2 is 1.81 bits per heavy atom. The van der Waals surface area contributed by atoms with E-state index in [1.807, 2.05) is 0 Å². The number of nitrogens with one attached hydrogen (secondary N) is 2. The van der Waals surface area contributed by atoms with Gasteiger partial charge in [-0.15, -0.1) is 0 Å². The Hall–Kier alpha value is -4.44. The van der Waals surface area contributed by atoms with Crippen LogP contribution < -0.4 is 5.32 Å². The largest absolute Gasteiger partial charge is 0.385 e. The first-order chi connectivity index (χ1) is 17.4. The number of imide groups is 1. The van der Waals surface area contributed by atoms with Crippen LogP contribution in [0.5, 0.6) is 0 Å². The Morgan fingerprint density at radius 3 is 2.61 bits per heavy atom. The Morgan fingerprint density at radius 1 is 1.00 bits per heavy atom. The van der Waals surface area contributed by atoms with E-state index in [4.69, 9.17) is 4.74 Å². The number of nitrogens with zero attached hydrogens (tertiary/aromatic N) is 2. The minimum Gasteiger partial charge on any atom is -0.385 e. The van der Waals surface area contributed by atoms with Crippen molar-refractivity contribution in [3.63, 3.8) is 0 Å². The monoisotopic (exact) mass is 490 g/mol. The molecule has 2 N–H and O–H groups in total. The highest BCUT2D eigenvalue weighted by Gasteiger charge is 2.35. The van der Waals surface area contributed by atoms with Crippen LogP contribution in [0.15, 0.2) is 54.6 Å². The van der Waals surface area contributed by atoms with Gasteiger partial charge in [-0.25, -0.2) is 13.8 Å². The predicted molar refractivity (Wildman–Crippen MR) is 128 cm³/mol. The van der Waals surface area contributed by atoms with Gasteiger partial charge in [-0.1, -0.05) is 0 Å². The highest BCUT2D eigenvalue weighted by atomic mass is 19.1. The van der Waals surface area contributed by atoms with Crippen molar-refractivity contribution in [1.29, 1.82) is 0 Å². The predicted octanol–water partition coefficient (Wildman–Crippen LogP) is 4.39. The van der Waals surface area contributed by atoms with E-state index in [0.29, 0.717) is 29.7 Å². The number of amides is 3. The first kappa shape index (κ1) is 23.3. The summed E-state index contributed by atoms with van der Waals surface area (Å²) in [6, 6.07) is 12.3. The van der Waals surface area contributed by atoms with Gasteiger partial charge in [0.05, 0.1) is 27.7 Å². The van der Waals surface area contributed by atoms with Crippen molar-refractivity contribution in [3.05, 3.63) is 82.9 Å². The zero-order valence-electron chi connectivity index (χ0n) is 19.1. The van der Waals surface area contributed by atoms with Crippen LogP contribution in [0.1, 0.15) is 37.5 Å². The molecular formula is C26H20F2N4O4. The van der Waals surface area contributed by atoms with Crippen molar-refractivity contribution in [3.8, 4) is 11.4 Å². The molecule has 1 aliphatic rings. The van der Waals surface area contributed by atoms with Crippen LogP contribution in [0, 0.1) is 11.6 Å². The van der Waals surface area contributed by atoms with Crippen molar-refractivity contribution in [1.82, 2.24) is 14.9 Å². The number of hydrogen-bond donors (Lipinski definition) is 2. The summed E-state index contributed by atoms with van der Waals surface area (Å²) in [5.41, 5.74) is 2.06. The van der Waals surface area contributed by atoms with Crippen molar-refractivity contribution in [2.24, 2.45) is 0 Å². The molecule has 3 aromatic carbocycles. The number of aromatic amines is 1. The van der Waals surface area contributed by atoms with Gasteiger partial charge in [0, 0.05) is 31.5 Å².